The second kappa shape index (κ2) is 6.90. The Balaban J connectivity index is 1.46. The summed E-state index contributed by atoms with van der Waals surface area (Å²) in [5.41, 5.74) is 1.91. The highest BCUT2D eigenvalue weighted by molar-refractivity contribution is 7.11. The number of rotatable bonds is 6. The lowest BCUT2D eigenvalue weighted by Gasteiger charge is -2.21. The maximum Gasteiger partial charge on any atom is 0.247 e. The van der Waals surface area contributed by atoms with E-state index in [4.69, 9.17) is 14.6 Å². The van der Waals surface area contributed by atoms with Crippen LogP contribution < -0.4 is 9.47 Å². The predicted molar refractivity (Wildman–Crippen MR) is 95.4 cm³/mol. The zero-order chi connectivity index (χ0) is 17.2. The fourth-order valence-corrected chi connectivity index (χ4v) is 3.62. The van der Waals surface area contributed by atoms with Gasteiger partial charge in [-0.3, -0.25) is 4.79 Å². The van der Waals surface area contributed by atoms with Crippen molar-refractivity contribution in [1.29, 1.82) is 0 Å². The molecule has 1 amide bonds. The van der Waals surface area contributed by atoms with Crippen LogP contribution >= 0.6 is 11.3 Å². The average molecular weight is 357 g/mol. The van der Waals surface area contributed by atoms with Crippen LogP contribution in [0.1, 0.15) is 28.8 Å². The highest BCUT2D eigenvalue weighted by Crippen LogP contribution is 2.34. The lowest BCUT2D eigenvalue weighted by atomic mass is 10.2. The summed E-state index contributed by atoms with van der Waals surface area (Å²) in [7, 11) is 0. The molecule has 1 aliphatic carbocycles. The van der Waals surface area contributed by atoms with E-state index < -0.39 is 0 Å². The van der Waals surface area contributed by atoms with Gasteiger partial charge in [-0.15, -0.1) is 11.3 Å². The highest BCUT2D eigenvalue weighted by Gasteiger charge is 2.31. The molecule has 130 valence electrons. The van der Waals surface area contributed by atoms with Gasteiger partial charge in [-0.05, 0) is 53.6 Å². The molecule has 5 nitrogen and oxygen atoms in total. The van der Waals surface area contributed by atoms with E-state index in [1.54, 1.807) is 6.08 Å². The number of thiophene rings is 1. The Kier molecular flexibility index (Phi) is 4.46. The van der Waals surface area contributed by atoms with Crippen molar-refractivity contribution in [2.24, 2.45) is 0 Å². The first-order chi connectivity index (χ1) is 12.2. The molecule has 25 heavy (non-hydrogen) atoms. The summed E-state index contributed by atoms with van der Waals surface area (Å²) >= 11 is 1.52. The minimum atomic E-state index is 0.0131. The van der Waals surface area contributed by atoms with Gasteiger partial charge in [0, 0.05) is 23.5 Å². The Morgan fingerprint density at radius 3 is 2.84 bits per heavy atom. The van der Waals surface area contributed by atoms with Crippen LogP contribution in [0.25, 0.3) is 6.08 Å². The van der Waals surface area contributed by atoms with Crippen LogP contribution in [-0.2, 0) is 17.9 Å². The van der Waals surface area contributed by atoms with Crippen LogP contribution in [-0.4, -0.2) is 28.7 Å². The molecule has 0 radical (unpaired) electrons. The van der Waals surface area contributed by atoms with Gasteiger partial charge in [-0.2, -0.15) is 0 Å². The molecule has 0 bridgehead atoms. The molecule has 0 saturated heterocycles. The predicted octanol–water partition coefficient (Wildman–Crippen LogP) is 3.17. The van der Waals surface area contributed by atoms with Crippen molar-refractivity contribution in [3.05, 3.63) is 51.7 Å². The Labute approximate surface area is 150 Å². The van der Waals surface area contributed by atoms with Gasteiger partial charge in [0.05, 0.1) is 6.61 Å². The number of aliphatic hydroxyl groups excluding tert-OH is 1. The minimum absolute atomic E-state index is 0.0131. The number of carbonyl (C=O) groups is 1. The van der Waals surface area contributed by atoms with E-state index in [9.17, 15) is 4.79 Å². The van der Waals surface area contributed by atoms with E-state index in [1.807, 2.05) is 40.6 Å². The van der Waals surface area contributed by atoms with Crippen LogP contribution in [0.4, 0.5) is 0 Å². The summed E-state index contributed by atoms with van der Waals surface area (Å²) in [4.78, 5) is 15.5. The average Bonchev–Trinajstić information content (AvgIpc) is 3.18. The first-order valence-electron chi connectivity index (χ1n) is 8.28. The number of nitrogens with zero attached hydrogens (tertiary/aromatic N) is 1. The van der Waals surface area contributed by atoms with Gasteiger partial charge in [0.25, 0.3) is 0 Å². The van der Waals surface area contributed by atoms with Crippen molar-refractivity contribution in [2.45, 2.75) is 32.0 Å². The molecule has 2 heterocycles. The topological polar surface area (TPSA) is 59.0 Å². The number of amides is 1. The van der Waals surface area contributed by atoms with E-state index in [0.717, 1.165) is 40.3 Å². The number of benzene rings is 1. The molecule has 4 rings (SSSR count). The lowest BCUT2D eigenvalue weighted by molar-refractivity contribution is -0.127. The van der Waals surface area contributed by atoms with Crippen LogP contribution in [0.5, 0.6) is 11.5 Å². The van der Waals surface area contributed by atoms with E-state index in [1.165, 1.54) is 11.3 Å². The molecule has 0 atom stereocenters. The van der Waals surface area contributed by atoms with Crippen LogP contribution in [0.3, 0.4) is 0 Å². The quantitative estimate of drug-likeness (QED) is 0.807. The van der Waals surface area contributed by atoms with Crippen molar-refractivity contribution >= 4 is 23.3 Å². The van der Waals surface area contributed by atoms with Crippen LogP contribution in [0.2, 0.25) is 0 Å². The van der Waals surface area contributed by atoms with Crippen molar-refractivity contribution < 1.29 is 19.4 Å². The smallest absolute Gasteiger partial charge is 0.247 e. The highest BCUT2D eigenvalue weighted by atomic mass is 32.1. The number of hydrogen-bond donors (Lipinski definition) is 1. The fourth-order valence-electron chi connectivity index (χ4n) is 2.82. The molecule has 1 fully saturated rings. The molecular weight excluding hydrogens is 338 g/mol. The van der Waals surface area contributed by atoms with Gasteiger partial charge in [0.1, 0.15) is 0 Å². The van der Waals surface area contributed by atoms with Gasteiger partial charge in [-0.25, -0.2) is 0 Å². The largest absolute Gasteiger partial charge is 0.454 e. The minimum Gasteiger partial charge on any atom is -0.454 e. The third-order valence-electron chi connectivity index (χ3n) is 4.31. The molecule has 2 aliphatic rings. The summed E-state index contributed by atoms with van der Waals surface area (Å²) in [6.07, 6.45) is 5.55. The molecular formula is C19H19NO4S. The molecule has 0 unspecified atom stereocenters. The first-order valence-corrected chi connectivity index (χ1v) is 9.16. The van der Waals surface area contributed by atoms with Crippen LogP contribution in [0, 0.1) is 0 Å². The van der Waals surface area contributed by atoms with E-state index in [-0.39, 0.29) is 19.3 Å². The Morgan fingerprint density at radius 1 is 1.24 bits per heavy atom. The number of fused-ring (bicyclic) bond motifs is 1. The van der Waals surface area contributed by atoms with E-state index in [0.29, 0.717) is 12.6 Å². The summed E-state index contributed by atoms with van der Waals surface area (Å²) in [5, 5.41) is 11.0. The zero-order valence-electron chi connectivity index (χ0n) is 13.7. The molecule has 1 aliphatic heterocycles. The van der Waals surface area contributed by atoms with Gasteiger partial charge >= 0.3 is 0 Å². The first kappa shape index (κ1) is 16.2. The van der Waals surface area contributed by atoms with Gasteiger partial charge in [0.15, 0.2) is 11.5 Å². The van der Waals surface area contributed by atoms with Crippen molar-refractivity contribution in [3.8, 4) is 11.5 Å². The van der Waals surface area contributed by atoms with Gasteiger partial charge in [-0.1, -0.05) is 6.07 Å². The summed E-state index contributed by atoms with van der Waals surface area (Å²) in [6.45, 7) is 0.844. The molecule has 1 N–H and O–H groups in total. The van der Waals surface area contributed by atoms with Crippen LogP contribution in [0.15, 0.2) is 35.7 Å². The number of hydrogen-bond acceptors (Lipinski definition) is 5. The molecule has 1 saturated carbocycles. The fraction of sp³-hybridized carbons (Fsp3) is 0.316. The third kappa shape index (κ3) is 3.70. The Bertz CT molecular complexity index is 810. The second-order valence-electron chi connectivity index (χ2n) is 6.23. The van der Waals surface area contributed by atoms with Gasteiger partial charge < -0.3 is 19.5 Å². The SMILES string of the molecule is O=C(C=Cc1cc(CO)cs1)N(Cc1ccc2c(c1)OCO2)C1CC1. The standard InChI is InChI=1S/C19H19NO4S/c21-10-14-7-16(25-11-14)4-6-19(22)20(15-2-3-15)9-13-1-5-17-18(8-13)24-12-23-17/h1,4-8,11,15,21H,2-3,9-10,12H2. The zero-order valence-corrected chi connectivity index (χ0v) is 14.5. The molecule has 2 aromatic rings. The van der Waals surface area contributed by atoms with Crippen molar-refractivity contribution in [3.63, 3.8) is 0 Å². The summed E-state index contributed by atoms with van der Waals surface area (Å²) < 4.78 is 10.8. The van der Waals surface area contributed by atoms with E-state index in [2.05, 4.69) is 0 Å². The normalized spacial score (nSPS) is 15.7. The molecule has 0 spiro atoms. The van der Waals surface area contributed by atoms with Crippen molar-refractivity contribution in [2.75, 3.05) is 6.79 Å². The van der Waals surface area contributed by atoms with E-state index >= 15 is 0 Å². The maximum absolute atomic E-state index is 12.7. The monoisotopic (exact) mass is 357 g/mol. The summed E-state index contributed by atoms with van der Waals surface area (Å²) in [6, 6.07) is 8.03. The Morgan fingerprint density at radius 2 is 2.08 bits per heavy atom. The maximum atomic E-state index is 12.7. The number of ether oxygens (including phenoxy) is 2. The second-order valence-corrected chi connectivity index (χ2v) is 7.18. The Hall–Kier alpha value is -2.31. The van der Waals surface area contributed by atoms with Crippen molar-refractivity contribution in [1.82, 2.24) is 4.90 Å². The lowest BCUT2D eigenvalue weighted by Crippen LogP contribution is -2.31. The molecule has 1 aromatic carbocycles. The number of aliphatic hydroxyl groups is 1. The summed E-state index contributed by atoms with van der Waals surface area (Å²) in [5.74, 6) is 1.51. The molecule has 6 heteroatoms. The van der Waals surface area contributed by atoms with Gasteiger partial charge in [0.2, 0.25) is 12.7 Å². The number of carbonyl (C=O) groups excluding carboxylic acids is 1. The third-order valence-corrected chi connectivity index (χ3v) is 5.25. The molecule has 1 aromatic heterocycles.